The molecule has 1 aromatic heterocycles. The third-order valence-electron chi connectivity index (χ3n) is 2.71. The smallest absolute Gasteiger partial charge is 0.168 e. The maximum atomic E-state index is 5.93. The molecule has 0 aliphatic heterocycles. The molecule has 1 unspecified atom stereocenters. The normalized spacial score (nSPS) is 12.4. The highest BCUT2D eigenvalue weighted by atomic mass is 79.9. The fraction of sp³-hybridized carbons (Fsp3) is 0.286. The van der Waals surface area contributed by atoms with Gasteiger partial charge >= 0.3 is 0 Å². The van der Waals surface area contributed by atoms with E-state index in [1.807, 2.05) is 44.2 Å². The van der Waals surface area contributed by atoms with Gasteiger partial charge in [-0.05, 0) is 43.7 Å². The van der Waals surface area contributed by atoms with E-state index < -0.39 is 0 Å². The predicted octanol–water partition coefficient (Wildman–Crippen LogP) is 3.74. The lowest BCUT2D eigenvalue weighted by Crippen LogP contribution is -2.18. The van der Waals surface area contributed by atoms with E-state index in [1.54, 1.807) is 0 Å². The Balaban J connectivity index is 2.22. The number of halogens is 1. The van der Waals surface area contributed by atoms with Gasteiger partial charge in [0.2, 0.25) is 0 Å². The van der Waals surface area contributed by atoms with Crippen LogP contribution in [-0.4, -0.2) is 6.54 Å². The molecule has 0 saturated carbocycles. The molecule has 0 fully saturated rings. The van der Waals surface area contributed by atoms with Gasteiger partial charge in [0.25, 0.3) is 0 Å². The van der Waals surface area contributed by atoms with Crippen molar-refractivity contribution in [3.63, 3.8) is 0 Å². The Kier molecular flexibility index (Phi) is 4.09. The second kappa shape index (κ2) is 5.59. The number of rotatable bonds is 4. The molecular formula is C14H16BrNO2. The Morgan fingerprint density at radius 3 is 2.67 bits per heavy atom. The second-order valence-electron chi connectivity index (χ2n) is 4.20. The fourth-order valence-electron chi connectivity index (χ4n) is 1.70. The van der Waals surface area contributed by atoms with Crippen LogP contribution in [0.3, 0.4) is 0 Å². The molecule has 2 N–H and O–H groups in total. The molecule has 18 heavy (non-hydrogen) atoms. The van der Waals surface area contributed by atoms with Gasteiger partial charge in [0.05, 0.1) is 0 Å². The van der Waals surface area contributed by atoms with Crippen molar-refractivity contribution >= 4 is 15.9 Å². The third-order valence-corrected chi connectivity index (χ3v) is 3.21. The quantitative estimate of drug-likeness (QED) is 0.936. The zero-order chi connectivity index (χ0) is 13.1. The van der Waals surface area contributed by atoms with Crippen molar-refractivity contribution < 1.29 is 9.15 Å². The Morgan fingerprint density at radius 1 is 1.28 bits per heavy atom. The van der Waals surface area contributed by atoms with Crippen molar-refractivity contribution in [2.24, 2.45) is 5.73 Å². The Hall–Kier alpha value is -1.26. The van der Waals surface area contributed by atoms with E-state index in [9.17, 15) is 0 Å². The highest BCUT2D eigenvalue weighted by Gasteiger charge is 2.16. The summed E-state index contributed by atoms with van der Waals surface area (Å²) in [6, 6.07) is 9.74. The summed E-state index contributed by atoms with van der Waals surface area (Å²) in [6.07, 6.45) is -0.258. The summed E-state index contributed by atoms with van der Waals surface area (Å²) < 4.78 is 12.5. The van der Waals surface area contributed by atoms with Crippen LogP contribution >= 0.6 is 15.9 Å². The van der Waals surface area contributed by atoms with E-state index in [2.05, 4.69) is 15.9 Å². The molecule has 4 heteroatoms. The summed E-state index contributed by atoms with van der Waals surface area (Å²) in [5, 5.41) is 0. The van der Waals surface area contributed by atoms with Crippen molar-refractivity contribution in [3.8, 4) is 5.75 Å². The summed E-state index contributed by atoms with van der Waals surface area (Å²) in [4.78, 5) is 0. The summed E-state index contributed by atoms with van der Waals surface area (Å²) in [5.41, 5.74) is 6.82. The van der Waals surface area contributed by atoms with Gasteiger partial charge in [-0.15, -0.1) is 0 Å². The Bertz CT molecular complexity index is 536. The fourth-order valence-corrected chi connectivity index (χ4v) is 2.04. The van der Waals surface area contributed by atoms with Gasteiger partial charge in [-0.25, -0.2) is 0 Å². The van der Waals surface area contributed by atoms with E-state index in [0.717, 1.165) is 27.3 Å². The molecule has 0 spiro atoms. The molecular weight excluding hydrogens is 294 g/mol. The third kappa shape index (κ3) is 2.94. The highest BCUT2D eigenvalue weighted by Crippen LogP contribution is 2.28. The first-order valence-corrected chi connectivity index (χ1v) is 6.58. The number of hydrogen-bond donors (Lipinski definition) is 1. The lowest BCUT2D eigenvalue weighted by molar-refractivity contribution is 0.181. The lowest BCUT2D eigenvalue weighted by atomic mass is 10.2. The topological polar surface area (TPSA) is 48.4 Å². The molecule has 0 saturated heterocycles. The molecule has 1 aromatic carbocycles. The van der Waals surface area contributed by atoms with Gasteiger partial charge < -0.3 is 14.9 Å². The minimum atomic E-state index is -0.258. The van der Waals surface area contributed by atoms with Gasteiger partial charge in [0.15, 0.2) is 6.10 Å². The van der Waals surface area contributed by atoms with Crippen molar-refractivity contribution in [1.82, 2.24) is 0 Å². The van der Waals surface area contributed by atoms with Gasteiger partial charge in [0, 0.05) is 11.0 Å². The molecule has 2 aromatic rings. The molecule has 1 atom stereocenters. The number of nitrogens with two attached hydrogens (primary N) is 1. The zero-order valence-electron chi connectivity index (χ0n) is 10.4. The van der Waals surface area contributed by atoms with E-state index >= 15 is 0 Å². The Morgan fingerprint density at radius 2 is 2.06 bits per heavy atom. The monoisotopic (exact) mass is 309 g/mol. The van der Waals surface area contributed by atoms with Crippen LogP contribution in [0.2, 0.25) is 0 Å². The molecule has 0 amide bonds. The summed E-state index contributed by atoms with van der Waals surface area (Å²) >= 11 is 3.43. The maximum absolute atomic E-state index is 5.93. The van der Waals surface area contributed by atoms with Crippen LogP contribution in [0.5, 0.6) is 5.75 Å². The average Bonchev–Trinajstić information content (AvgIpc) is 2.77. The van der Waals surface area contributed by atoms with Crippen LogP contribution in [0.1, 0.15) is 23.2 Å². The number of hydrogen-bond acceptors (Lipinski definition) is 3. The lowest BCUT2D eigenvalue weighted by Gasteiger charge is -2.17. The molecule has 2 rings (SSSR count). The van der Waals surface area contributed by atoms with Crippen LogP contribution in [-0.2, 0) is 0 Å². The van der Waals surface area contributed by atoms with Crippen molar-refractivity contribution in [2.75, 3.05) is 6.54 Å². The van der Waals surface area contributed by atoms with Crippen molar-refractivity contribution in [3.05, 3.63) is 51.9 Å². The van der Waals surface area contributed by atoms with E-state index in [-0.39, 0.29) is 6.10 Å². The highest BCUT2D eigenvalue weighted by molar-refractivity contribution is 9.10. The van der Waals surface area contributed by atoms with Crippen molar-refractivity contribution in [2.45, 2.75) is 20.0 Å². The molecule has 1 heterocycles. The Labute approximate surface area is 115 Å². The van der Waals surface area contributed by atoms with E-state index in [4.69, 9.17) is 14.9 Å². The number of benzene rings is 1. The standard InChI is InChI=1S/C14H16BrNO2/c1-9-3-5-11(15)7-13(9)18-14(8-16)12-6-4-10(2)17-12/h3-7,14H,8,16H2,1-2H3. The minimum absolute atomic E-state index is 0.258. The average molecular weight is 310 g/mol. The summed E-state index contributed by atoms with van der Waals surface area (Å²) in [5.74, 6) is 2.43. The summed E-state index contributed by atoms with van der Waals surface area (Å²) in [7, 11) is 0. The van der Waals surface area contributed by atoms with Gasteiger partial charge in [-0.2, -0.15) is 0 Å². The van der Waals surface area contributed by atoms with Gasteiger partial charge in [0.1, 0.15) is 17.3 Å². The largest absolute Gasteiger partial charge is 0.481 e. The molecule has 3 nitrogen and oxygen atoms in total. The van der Waals surface area contributed by atoms with E-state index in [0.29, 0.717) is 6.54 Å². The van der Waals surface area contributed by atoms with Crippen LogP contribution in [0, 0.1) is 13.8 Å². The molecule has 0 aliphatic rings. The minimum Gasteiger partial charge on any atom is -0.481 e. The number of ether oxygens (including phenoxy) is 1. The predicted molar refractivity (Wildman–Crippen MR) is 74.7 cm³/mol. The van der Waals surface area contributed by atoms with Crippen LogP contribution in [0.15, 0.2) is 39.2 Å². The van der Waals surface area contributed by atoms with E-state index in [1.165, 1.54) is 0 Å². The summed E-state index contributed by atoms with van der Waals surface area (Å²) in [6.45, 7) is 4.28. The second-order valence-corrected chi connectivity index (χ2v) is 5.12. The molecule has 0 radical (unpaired) electrons. The maximum Gasteiger partial charge on any atom is 0.168 e. The number of aryl methyl sites for hydroxylation is 2. The van der Waals surface area contributed by atoms with Crippen LogP contribution < -0.4 is 10.5 Å². The number of furan rings is 1. The zero-order valence-corrected chi connectivity index (χ0v) is 12.0. The van der Waals surface area contributed by atoms with Crippen molar-refractivity contribution in [1.29, 1.82) is 0 Å². The molecule has 0 bridgehead atoms. The van der Waals surface area contributed by atoms with Crippen LogP contribution in [0.25, 0.3) is 0 Å². The first-order valence-electron chi connectivity index (χ1n) is 5.79. The van der Waals surface area contributed by atoms with Gasteiger partial charge in [-0.3, -0.25) is 0 Å². The SMILES string of the molecule is Cc1ccc(C(CN)Oc2cc(Br)ccc2C)o1. The first kappa shape index (κ1) is 13.2. The molecule has 96 valence electrons. The van der Waals surface area contributed by atoms with Crippen LogP contribution in [0.4, 0.5) is 0 Å². The van der Waals surface area contributed by atoms with Gasteiger partial charge in [-0.1, -0.05) is 22.0 Å². The molecule has 0 aliphatic carbocycles. The first-order chi connectivity index (χ1) is 8.60.